The van der Waals surface area contributed by atoms with E-state index in [2.05, 4.69) is 6.92 Å². The predicted molar refractivity (Wildman–Crippen MR) is 79.0 cm³/mol. The van der Waals surface area contributed by atoms with Gasteiger partial charge in [0.15, 0.2) is 0 Å². The van der Waals surface area contributed by atoms with Crippen LogP contribution in [-0.4, -0.2) is 39.4 Å². The summed E-state index contributed by atoms with van der Waals surface area (Å²) in [5.41, 5.74) is 6.14. The number of aryl methyl sites for hydroxylation is 1. The number of carbonyl (C=O) groups excluding carboxylic acids is 1. The van der Waals surface area contributed by atoms with E-state index in [-0.39, 0.29) is 17.6 Å². The molecule has 0 bridgehead atoms. The topological polar surface area (TPSA) is 94.4 Å². The van der Waals surface area contributed by atoms with Gasteiger partial charge in [-0.05, 0) is 25.7 Å². The van der Waals surface area contributed by atoms with Gasteiger partial charge >= 0.3 is 0 Å². The number of nitrogens with zero attached hydrogens (tertiary/aromatic N) is 3. The summed E-state index contributed by atoms with van der Waals surface area (Å²) in [7, 11) is 0. The van der Waals surface area contributed by atoms with Crippen LogP contribution in [0.4, 0.5) is 5.69 Å². The summed E-state index contributed by atoms with van der Waals surface area (Å²) < 4.78 is 1.63. The molecule has 0 saturated carbocycles. The molecule has 1 amide bonds. The van der Waals surface area contributed by atoms with Crippen molar-refractivity contribution in [1.82, 2.24) is 9.47 Å². The van der Waals surface area contributed by atoms with Gasteiger partial charge in [0, 0.05) is 31.7 Å². The van der Waals surface area contributed by atoms with Gasteiger partial charge in [0.1, 0.15) is 5.69 Å². The largest absolute Gasteiger partial charge is 0.337 e. The molecule has 1 fully saturated rings. The minimum atomic E-state index is -0.470. The predicted octanol–water partition coefficient (Wildman–Crippen LogP) is 1.62. The second kappa shape index (κ2) is 6.26. The highest BCUT2D eigenvalue weighted by atomic mass is 16.6. The average molecular weight is 294 g/mol. The number of nitro groups is 1. The molecule has 7 nitrogen and oxygen atoms in total. The van der Waals surface area contributed by atoms with E-state index in [1.807, 2.05) is 6.92 Å². The van der Waals surface area contributed by atoms with Crippen molar-refractivity contribution in [1.29, 1.82) is 0 Å². The first-order valence-corrected chi connectivity index (χ1v) is 7.35. The van der Waals surface area contributed by atoms with Crippen LogP contribution in [0.5, 0.6) is 0 Å². The van der Waals surface area contributed by atoms with Crippen LogP contribution in [0.1, 0.15) is 37.2 Å². The Balaban J connectivity index is 2.32. The Morgan fingerprint density at radius 2 is 2.29 bits per heavy atom. The lowest BCUT2D eigenvalue weighted by molar-refractivity contribution is -0.384. The van der Waals surface area contributed by atoms with Crippen LogP contribution in [0.15, 0.2) is 12.3 Å². The van der Waals surface area contributed by atoms with Crippen molar-refractivity contribution in [2.45, 2.75) is 39.3 Å². The number of amides is 1. The van der Waals surface area contributed by atoms with Gasteiger partial charge in [-0.25, -0.2) is 0 Å². The van der Waals surface area contributed by atoms with Crippen LogP contribution < -0.4 is 5.73 Å². The van der Waals surface area contributed by atoms with Crippen LogP contribution in [0.25, 0.3) is 0 Å². The zero-order chi connectivity index (χ0) is 15.6. The SMILES string of the molecule is CCn1cc([N+](=O)[O-])cc1C(=O)N1CCCC(C)C1CN. The van der Waals surface area contributed by atoms with Crippen LogP contribution in [0.3, 0.4) is 0 Å². The zero-order valence-electron chi connectivity index (χ0n) is 12.5. The standard InChI is InChI=1S/C14H22N4O3/c1-3-16-9-11(18(20)21)7-12(16)14(19)17-6-4-5-10(2)13(17)8-15/h7,9-10,13H,3-6,8,15H2,1-2H3. The lowest BCUT2D eigenvalue weighted by Crippen LogP contribution is -2.51. The van der Waals surface area contributed by atoms with Crippen molar-refractivity contribution < 1.29 is 9.72 Å². The Kier molecular flexibility index (Phi) is 4.62. The molecule has 1 aliphatic rings. The van der Waals surface area contributed by atoms with Crippen molar-refractivity contribution in [2.24, 2.45) is 11.7 Å². The lowest BCUT2D eigenvalue weighted by Gasteiger charge is -2.39. The second-order valence-corrected chi connectivity index (χ2v) is 5.55. The van der Waals surface area contributed by atoms with Crippen molar-refractivity contribution >= 4 is 11.6 Å². The number of hydrogen-bond acceptors (Lipinski definition) is 4. The number of piperidine rings is 1. The minimum Gasteiger partial charge on any atom is -0.337 e. The molecule has 2 atom stereocenters. The third-order valence-electron chi connectivity index (χ3n) is 4.27. The molecule has 1 aromatic heterocycles. The molecule has 0 radical (unpaired) electrons. The van der Waals surface area contributed by atoms with Gasteiger partial charge < -0.3 is 15.2 Å². The Hall–Kier alpha value is -1.89. The number of aromatic nitrogens is 1. The molecule has 7 heteroatoms. The fourth-order valence-electron chi connectivity index (χ4n) is 3.04. The van der Waals surface area contributed by atoms with E-state index in [1.54, 1.807) is 9.47 Å². The van der Waals surface area contributed by atoms with Gasteiger partial charge in [-0.1, -0.05) is 6.92 Å². The Morgan fingerprint density at radius 1 is 1.57 bits per heavy atom. The van der Waals surface area contributed by atoms with E-state index in [4.69, 9.17) is 5.73 Å². The highest BCUT2D eigenvalue weighted by Crippen LogP contribution is 2.26. The van der Waals surface area contributed by atoms with Crippen LogP contribution >= 0.6 is 0 Å². The van der Waals surface area contributed by atoms with Crippen LogP contribution in [-0.2, 0) is 6.54 Å². The Bertz CT molecular complexity index is 540. The molecule has 21 heavy (non-hydrogen) atoms. The minimum absolute atomic E-state index is 0.00510. The van der Waals surface area contributed by atoms with Crippen molar-refractivity contribution in [2.75, 3.05) is 13.1 Å². The summed E-state index contributed by atoms with van der Waals surface area (Å²) in [6.07, 6.45) is 3.41. The molecular formula is C14H22N4O3. The van der Waals surface area contributed by atoms with Gasteiger partial charge in [0.2, 0.25) is 0 Å². The molecule has 1 aliphatic heterocycles. The average Bonchev–Trinajstić information content (AvgIpc) is 2.90. The number of likely N-dealkylation sites (tertiary alicyclic amines) is 1. The van der Waals surface area contributed by atoms with Crippen LogP contribution in [0, 0.1) is 16.0 Å². The molecule has 0 aromatic carbocycles. The number of carbonyl (C=O) groups is 1. The summed E-state index contributed by atoms with van der Waals surface area (Å²) in [6.45, 7) is 5.55. The molecule has 1 saturated heterocycles. The quantitative estimate of drug-likeness (QED) is 0.674. The molecule has 1 aromatic rings. The normalized spacial score (nSPS) is 22.3. The third kappa shape index (κ3) is 2.92. The number of nitrogens with two attached hydrogens (primary N) is 1. The lowest BCUT2D eigenvalue weighted by atomic mass is 9.90. The van der Waals surface area contributed by atoms with Crippen molar-refractivity contribution in [3.05, 3.63) is 28.1 Å². The van der Waals surface area contributed by atoms with E-state index in [9.17, 15) is 14.9 Å². The smallest absolute Gasteiger partial charge is 0.287 e. The van der Waals surface area contributed by atoms with Gasteiger partial charge in [0.05, 0.1) is 11.1 Å². The summed E-state index contributed by atoms with van der Waals surface area (Å²) in [6, 6.07) is 1.36. The second-order valence-electron chi connectivity index (χ2n) is 5.55. The fourth-order valence-corrected chi connectivity index (χ4v) is 3.04. The molecule has 2 unspecified atom stereocenters. The summed E-state index contributed by atoms with van der Waals surface area (Å²) in [4.78, 5) is 25.0. The molecule has 0 aliphatic carbocycles. The molecule has 2 heterocycles. The highest BCUT2D eigenvalue weighted by molar-refractivity contribution is 5.94. The van der Waals surface area contributed by atoms with Crippen molar-refractivity contribution in [3.8, 4) is 0 Å². The van der Waals surface area contributed by atoms with E-state index in [0.29, 0.717) is 31.2 Å². The monoisotopic (exact) mass is 294 g/mol. The molecule has 0 spiro atoms. The van der Waals surface area contributed by atoms with Crippen molar-refractivity contribution in [3.63, 3.8) is 0 Å². The van der Waals surface area contributed by atoms with E-state index in [1.165, 1.54) is 12.3 Å². The Morgan fingerprint density at radius 3 is 2.86 bits per heavy atom. The maximum absolute atomic E-state index is 12.8. The van der Waals surface area contributed by atoms with E-state index in [0.717, 1.165) is 12.8 Å². The van der Waals surface area contributed by atoms with E-state index >= 15 is 0 Å². The summed E-state index contributed by atoms with van der Waals surface area (Å²) in [5.74, 6) is 0.194. The molecule has 116 valence electrons. The molecule has 2 N–H and O–H groups in total. The van der Waals surface area contributed by atoms with Gasteiger partial charge in [-0.3, -0.25) is 14.9 Å². The zero-order valence-corrected chi connectivity index (χ0v) is 12.5. The maximum Gasteiger partial charge on any atom is 0.287 e. The fraction of sp³-hybridized carbons (Fsp3) is 0.643. The van der Waals surface area contributed by atoms with Gasteiger partial charge in [0.25, 0.3) is 11.6 Å². The number of hydrogen-bond donors (Lipinski definition) is 1. The Labute approximate surface area is 123 Å². The van der Waals surface area contributed by atoms with Crippen LogP contribution in [0.2, 0.25) is 0 Å². The molecular weight excluding hydrogens is 272 g/mol. The molecule has 2 rings (SSSR count). The summed E-state index contributed by atoms with van der Waals surface area (Å²) >= 11 is 0. The first-order chi connectivity index (χ1) is 9.99. The first kappa shape index (κ1) is 15.5. The highest BCUT2D eigenvalue weighted by Gasteiger charge is 2.33. The first-order valence-electron chi connectivity index (χ1n) is 7.35. The summed E-state index contributed by atoms with van der Waals surface area (Å²) in [5, 5.41) is 10.9. The maximum atomic E-state index is 12.8. The van der Waals surface area contributed by atoms with Gasteiger partial charge in [-0.2, -0.15) is 0 Å². The third-order valence-corrected chi connectivity index (χ3v) is 4.27. The van der Waals surface area contributed by atoms with E-state index < -0.39 is 4.92 Å². The van der Waals surface area contributed by atoms with Gasteiger partial charge in [-0.15, -0.1) is 0 Å². The number of rotatable bonds is 4.